The van der Waals surface area contributed by atoms with Gasteiger partial charge in [-0.3, -0.25) is 9.69 Å². The van der Waals surface area contributed by atoms with Crippen molar-refractivity contribution >= 4 is 12.0 Å². The third kappa shape index (κ3) is 6.15. The number of likely N-dealkylation sites (tertiary alicyclic amines) is 2. The van der Waals surface area contributed by atoms with Crippen molar-refractivity contribution in [1.29, 1.82) is 0 Å². The Bertz CT molecular complexity index is 1120. The van der Waals surface area contributed by atoms with E-state index in [2.05, 4.69) is 4.90 Å². The lowest BCUT2D eigenvalue weighted by atomic mass is 9.91. The fraction of sp³-hybridized carbons (Fsp3) is 0.548. The molecule has 0 bridgehead atoms. The molecule has 0 aromatic heterocycles. The quantitative estimate of drug-likeness (QED) is 0.544. The van der Waals surface area contributed by atoms with Crippen molar-refractivity contribution in [2.45, 2.75) is 77.2 Å². The fourth-order valence-electron chi connectivity index (χ4n) is 5.95. The van der Waals surface area contributed by atoms with Crippen LogP contribution in [0.3, 0.4) is 0 Å². The molecule has 204 valence electrons. The van der Waals surface area contributed by atoms with Gasteiger partial charge in [0.25, 0.3) is 0 Å². The largest absolute Gasteiger partial charge is 0.489 e. The Kier molecular flexibility index (Phi) is 7.93. The van der Waals surface area contributed by atoms with Crippen molar-refractivity contribution in [3.63, 3.8) is 0 Å². The Hall–Kier alpha value is -3.06. The van der Waals surface area contributed by atoms with Crippen LogP contribution in [0.2, 0.25) is 0 Å². The van der Waals surface area contributed by atoms with Crippen LogP contribution in [-0.2, 0) is 22.6 Å². The van der Waals surface area contributed by atoms with E-state index in [4.69, 9.17) is 9.47 Å². The zero-order valence-electron chi connectivity index (χ0n) is 23.0. The smallest absolute Gasteiger partial charge is 0.411 e. The van der Waals surface area contributed by atoms with Gasteiger partial charge in [-0.25, -0.2) is 4.79 Å². The van der Waals surface area contributed by atoms with Crippen LogP contribution in [0.1, 0.15) is 69.2 Å². The summed E-state index contributed by atoms with van der Waals surface area (Å²) in [7, 11) is 0. The first-order valence-corrected chi connectivity index (χ1v) is 14.1. The number of fused-ring (bicyclic) bond motifs is 1. The lowest BCUT2D eigenvalue weighted by Gasteiger charge is -2.42. The summed E-state index contributed by atoms with van der Waals surface area (Å²) in [5.74, 6) is 0.769. The van der Waals surface area contributed by atoms with Crippen molar-refractivity contribution in [2.24, 2.45) is 0 Å². The number of rotatable bonds is 5. The molecule has 1 atom stereocenters. The zero-order chi connectivity index (χ0) is 26.7. The maximum absolute atomic E-state index is 14.1. The molecule has 0 radical (unpaired) electrons. The summed E-state index contributed by atoms with van der Waals surface area (Å²) in [6.45, 7) is 10.3. The van der Waals surface area contributed by atoms with Crippen LogP contribution in [0.4, 0.5) is 4.79 Å². The molecular formula is C31H41N3O4. The van der Waals surface area contributed by atoms with E-state index in [9.17, 15) is 9.59 Å². The number of ether oxygens (including phenoxy) is 2. The van der Waals surface area contributed by atoms with Crippen LogP contribution in [0.25, 0.3) is 0 Å². The van der Waals surface area contributed by atoms with Gasteiger partial charge in [0.2, 0.25) is 5.91 Å². The Balaban J connectivity index is 1.35. The minimum Gasteiger partial charge on any atom is -0.489 e. The summed E-state index contributed by atoms with van der Waals surface area (Å²) in [6.07, 6.45) is 4.75. The molecule has 0 saturated carbocycles. The fourth-order valence-corrected chi connectivity index (χ4v) is 5.95. The summed E-state index contributed by atoms with van der Waals surface area (Å²) >= 11 is 0. The maximum atomic E-state index is 14.1. The van der Waals surface area contributed by atoms with E-state index in [1.54, 1.807) is 4.90 Å². The van der Waals surface area contributed by atoms with Gasteiger partial charge in [-0.1, -0.05) is 36.4 Å². The number of nitrogens with zero attached hydrogens (tertiary/aromatic N) is 3. The molecule has 3 aliphatic heterocycles. The van der Waals surface area contributed by atoms with E-state index in [1.165, 1.54) is 25.9 Å². The van der Waals surface area contributed by atoms with E-state index >= 15 is 0 Å². The van der Waals surface area contributed by atoms with Crippen LogP contribution in [0.15, 0.2) is 48.5 Å². The van der Waals surface area contributed by atoms with Crippen molar-refractivity contribution in [3.8, 4) is 5.75 Å². The first-order valence-electron chi connectivity index (χ1n) is 14.1. The number of carbonyl (C=O) groups excluding carboxylic acids is 2. The van der Waals surface area contributed by atoms with Gasteiger partial charge in [0, 0.05) is 25.7 Å². The molecule has 0 aliphatic carbocycles. The summed E-state index contributed by atoms with van der Waals surface area (Å²) in [5.41, 5.74) is 2.40. The molecule has 2 aromatic carbocycles. The molecule has 38 heavy (non-hydrogen) atoms. The molecule has 2 amide bonds. The molecule has 2 saturated heterocycles. The van der Waals surface area contributed by atoms with Crippen LogP contribution < -0.4 is 4.74 Å². The standard InChI is InChI=1S/C31H41N3O4/c1-31(2,3)38-30(36)34-20-13-24-21-26(37-22-23-9-5-4-6-10-23)11-12-27(24)28(34)29(35)33-18-14-25(15-19-33)32-16-7-8-17-32/h4-6,9-12,21,25,28H,7-8,13-20,22H2,1-3H3. The molecule has 3 aliphatic rings. The van der Waals surface area contributed by atoms with Crippen LogP contribution in [0.5, 0.6) is 5.75 Å². The van der Waals surface area contributed by atoms with Gasteiger partial charge < -0.3 is 19.3 Å². The lowest BCUT2D eigenvalue weighted by molar-refractivity contribution is -0.139. The van der Waals surface area contributed by atoms with Gasteiger partial charge in [-0.05, 0) is 94.8 Å². The number of carbonyl (C=O) groups is 2. The summed E-state index contributed by atoms with van der Waals surface area (Å²) in [6, 6.07) is 15.9. The summed E-state index contributed by atoms with van der Waals surface area (Å²) in [4.78, 5) is 33.5. The van der Waals surface area contributed by atoms with E-state index < -0.39 is 17.7 Å². The molecule has 7 nitrogen and oxygen atoms in total. The highest BCUT2D eigenvalue weighted by molar-refractivity contribution is 5.88. The highest BCUT2D eigenvalue weighted by atomic mass is 16.6. The van der Waals surface area contributed by atoms with Crippen molar-refractivity contribution < 1.29 is 19.1 Å². The van der Waals surface area contributed by atoms with E-state index in [1.807, 2.05) is 74.2 Å². The Labute approximate surface area is 226 Å². The van der Waals surface area contributed by atoms with E-state index in [-0.39, 0.29) is 5.91 Å². The lowest BCUT2D eigenvalue weighted by Crippen LogP contribution is -2.52. The molecule has 7 heteroatoms. The summed E-state index contributed by atoms with van der Waals surface area (Å²) in [5, 5.41) is 0. The van der Waals surface area contributed by atoms with Crippen LogP contribution >= 0.6 is 0 Å². The molecule has 1 unspecified atom stereocenters. The van der Waals surface area contributed by atoms with Crippen molar-refractivity contribution in [2.75, 3.05) is 32.7 Å². The number of piperidine rings is 1. The normalized spacial score (nSPS) is 20.8. The first kappa shape index (κ1) is 26.5. The average molecular weight is 520 g/mol. The van der Waals surface area contributed by atoms with Gasteiger partial charge in [0.15, 0.2) is 0 Å². The van der Waals surface area contributed by atoms with E-state index in [0.29, 0.717) is 25.6 Å². The number of hydrogen-bond donors (Lipinski definition) is 0. The topological polar surface area (TPSA) is 62.3 Å². The SMILES string of the molecule is CC(C)(C)OC(=O)N1CCc2cc(OCc3ccccc3)ccc2C1C(=O)N1CCC(N2CCCC2)CC1. The molecule has 3 heterocycles. The highest BCUT2D eigenvalue weighted by Crippen LogP contribution is 2.36. The van der Waals surface area contributed by atoms with Gasteiger partial charge in [-0.2, -0.15) is 0 Å². The number of benzene rings is 2. The van der Waals surface area contributed by atoms with Gasteiger partial charge in [-0.15, -0.1) is 0 Å². The predicted octanol–water partition coefficient (Wildman–Crippen LogP) is 5.19. The first-order chi connectivity index (χ1) is 18.3. The minimum atomic E-state index is -0.680. The van der Waals surface area contributed by atoms with Crippen LogP contribution in [-0.4, -0.2) is 71.1 Å². The molecule has 0 N–H and O–H groups in total. The second-order valence-electron chi connectivity index (χ2n) is 11.8. The van der Waals surface area contributed by atoms with E-state index in [0.717, 1.165) is 48.4 Å². The van der Waals surface area contributed by atoms with Gasteiger partial charge in [0.1, 0.15) is 24.0 Å². The molecule has 2 fully saturated rings. The second-order valence-corrected chi connectivity index (χ2v) is 11.8. The maximum Gasteiger partial charge on any atom is 0.411 e. The highest BCUT2D eigenvalue weighted by Gasteiger charge is 2.41. The monoisotopic (exact) mass is 519 g/mol. The number of hydrogen-bond acceptors (Lipinski definition) is 5. The van der Waals surface area contributed by atoms with Crippen LogP contribution in [0, 0.1) is 0 Å². The zero-order valence-corrected chi connectivity index (χ0v) is 23.0. The van der Waals surface area contributed by atoms with Gasteiger partial charge >= 0.3 is 6.09 Å². The Morgan fingerprint density at radius 1 is 0.921 bits per heavy atom. The second kappa shape index (κ2) is 11.4. The summed E-state index contributed by atoms with van der Waals surface area (Å²) < 4.78 is 11.8. The van der Waals surface area contributed by atoms with Crippen molar-refractivity contribution in [1.82, 2.24) is 14.7 Å². The Morgan fingerprint density at radius 3 is 2.32 bits per heavy atom. The van der Waals surface area contributed by atoms with Gasteiger partial charge in [0.05, 0.1) is 0 Å². The minimum absolute atomic E-state index is 0.00497. The molecule has 5 rings (SSSR count). The molecule has 0 spiro atoms. The molecule has 2 aromatic rings. The van der Waals surface area contributed by atoms with Crippen molar-refractivity contribution in [3.05, 3.63) is 65.2 Å². The average Bonchev–Trinajstić information content (AvgIpc) is 3.46. The Morgan fingerprint density at radius 2 is 1.63 bits per heavy atom. The third-order valence-electron chi connectivity index (χ3n) is 7.89. The predicted molar refractivity (Wildman–Crippen MR) is 147 cm³/mol. The third-order valence-corrected chi connectivity index (χ3v) is 7.89. The number of amides is 2. The molecular weight excluding hydrogens is 478 g/mol.